The molecular formula is C13H18N2O. The highest BCUT2D eigenvalue weighted by Crippen LogP contribution is 2.20. The van der Waals surface area contributed by atoms with Crippen molar-refractivity contribution in [3.63, 3.8) is 0 Å². The predicted octanol–water partition coefficient (Wildman–Crippen LogP) is 2.11. The second kappa shape index (κ2) is 5.12. The first kappa shape index (κ1) is 11.1. The average molecular weight is 218 g/mol. The molecule has 0 aliphatic carbocycles. The van der Waals surface area contributed by atoms with Gasteiger partial charge in [0.2, 0.25) is 5.91 Å². The second-order valence-corrected chi connectivity index (χ2v) is 4.22. The summed E-state index contributed by atoms with van der Waals surface area (Å²) < 4.78 is 0. The molecule has 1 fully saturated rings. The largest absolute Gasteiger partial charge is 0.326 e. The molecule has 1 saturated heterocycles. The highest BCUT2D eigenvalue weighted by molar-refractivity contribution is 5.90. The van der Waals surface area contributed by atoms with E-state index < -0.39 is 0 Å². The maximum atomic E-state index is 11.6. The Morgan fingerprint density at radius 3 is 2.81 bits per heavy atom. The fraction of sp³-hybridized carbons (Fsp3) is 0.462. The Bertz CT molecular complexity index is 350. The van der Waals surface area contributed by atoms with Gasteiger partial charge >= 0.3 is 0 Å². The summed E-state index contributed by atoms with van der Waals surface area (Å²) in [6.07, 6.45) is 1.78. The van der Waals surface area contributed by atoms with Gasteiger partial charge in [0, 0.05) is 31.2 Å². The van der Waals surface area contributed by atoms with Crippen molar-refractivity contribution in [1.82, 2.24) is 4.90 Å². The molecule has 1 aliphatic rings. The molecular weight excluding hydrogens is 200 g/mol. The summed E-state index contributed by atoms with van der Waals surface area (Å²) in [6.45, 7) is 4.24. The number of para-hydroxylation sites is 1. The predicted molar refractivity (Wildman–Crippen MR) is 65.3 cm³/mol. The molecule has 2 atom stereocenters. The SMILES string of the molecule is CC[C@H]1CN1CCC(=O)Nc1ccccc1. The number of carbonyl (C=O) groups excluding carboxylic acids is 1. The van der Waals surface area contributed by atoms with Crippen LogP contribution in [0.5, 0.6) is 0 Å². The van der Waals surface area contributed by atoms with Crippen molar-refractivity contribution >= 4 is 11.6 Å². The third-order valence-corrected chi connectivity index (χ3v) is 2.98. The van der Waals surface area contributed by atoms with Crippen LogP contribution in [0.4, 0.5) is 5.69 Å². The summed E-state index contributed by atoms with van der Waals surface area (Å²) in [7, 11) is 0. The quantitative estimate of drug-likeness (QED) is 0.768. The van der Waals surface area contributed by atoms with E-state index in [2.05, 4.69) is 17.1 Å². The van der Waals surface area contributed by atoms with Crippen molar-refractivity contribution in [2.75, 3.05) is 18.4 Å². The van der Waals surface area contributed by atoms with Crippen LogP contribution in [0.3, 0.4) is 0 Å². The molecule has 16 heavy (non-hydrogen) atoms. The van der Waals surface area contributed by atoms with Gasteiger partial charge in [0.25, 0.3) is 0 Å². The van der Waals surface area contributed by atoms with Crippen molar-refractivity contribution in [2.45, 2.75) is 25.8 Å². The third kappa shape index (κ3) is 3.07. The van der Waals surface area contributed by atoms with Crippen LogP contribution >= 0.6 is 0 Å². The van der Waals surface area contributed by atoms with Crippen molar-refractivity contribution in [3.05, 3.63) is 30.3 Å². The number of benzene rings is 1. The molecule has 86 valence electrons. The number of hydrogen-bond donors (Lipinski definition) is 1. The Morgan fingerprint density at radius 2 is 2.19 bits per heavy atom. The molecule has 0 spiro atoms. The molecule has 1 aromatic rings. The lowest BCUT2D eigenvalue weighted by atomic mass is 10.3. The van der Waals surface area contributed by atoms with Crippen LogP contribution < -0.4 is 5.32 Å². The van der Waals surface area contributed by atoms with E-state index in [1.807, 2.05) is 30.3 Å². The van der Waals surface area contributed by atoms with E-state index in [4.69, 9.17) is 0 Å². The number of nitrogens with zero attached hydrogens (tertiary/aromatic N) is 1. The summed E-state index contributed by atoms with van der Waals surface area (Å²) in [5.74, 6) is 0.105. The number of carbonyl (C=O) groups is 1. The Hall–Kier alpha value is -1.35. The molecule has 1 aliphatic heterocycles. The van der Waals surface area contributed by atoms with Gasteiger partial charge in [-0.3, -0.25) is 9.69 Å². The lowest BCUT2D eigenvalue weighted by molar-refractivity contribution is -0.116. The first-order valence-corrected chi connectivity index (χ1v) is 5.88. The zero-order valence-corrected chi connectivity index (χ0v) is 9.65. The molecule has 0 saturated carbocycles. The fourth-order valence-corrected chi connectivity index (χ4v) is 1.87. The topological polar surface area (TPSA) is 32.1 Å². The molecule has 1 heterocycles. The monoisotopic (exact) mass is 218 g/mol. The lowest BCUT2D eigenvalue weighted by Gasteiger charge is -2.05. The van der Waals surface area contributed by atoms with E-state index in [0.29, 0.717) is 6.42 Å². The molecule has 3 heteroatoms. The van der Waals surface area contributed by atoms with Crippen LogP contribution in [0.25, 0.3) is 0 Å². The van der Waals surface area contributed by atoms with Crippen LogP contribution in [0.15, 0.2) is 30.3 Å². The fourth-order valence-electron chi connectivity index (χ4n) is 1.87. The molecule has 0 radical (unpaired) electrons. The van der Waals surface area contributed by atoms with Crippen molar-refractivity contribution < 1.29 is 4.79 Å². The highest BCUT2D eigenvalue weighted by atomic mass is 16.1. The molecule has 0 bridgehead atoms. The van der Waals surface area contributed by atoms with Crippen LogP contribution in [-0.4, -0.2) is 29.9 Å². The molecule has 1 unspecified atom stereocenters. The van der Waals surface area contributed by atoms with Crippen LogP contribution in [0.1, 0.15) is 19.8 Å². The van der Waals surface area contributed by atoms with Gasteiger partial charge in [-0.15, -0.1) is 0 Å². The first-order valence-electron chi connectivity index (χ1n) is 5.88. The Balaban J connectivity index is 1.69. The van der Waals surface area contributed by atoms with Crippen molar-refractivity contribution in [2.24, 2.45) is 0 Å². The summed E-state index contributed by atoms with van der Waals surface area (Å²) in [6, 6.07) is 10.3. The number of amides is 1. The number of hydrogen-bond acceptors (Lipinski definition) is 2. The standard InChI is InChI=1S/C13H18N2O/c1-2-12-10-15(12)9-8-13(16)14-11-6-4-3-5-7-11/h3-7,12H,2,8-10H2,1H3,(H,14,16)/t12-,15?/m0/s1. The van der Waals surface area contributed by atoms with E-state index in [9.17, 15) is 4.79 Å². The zero-order chi connectivity index (χ0) is 11.4. The summed E-state index contributed by atoms with van der Waals surface area (Å²) >= 11 is 0. The van der Waals surface area contributed by atoms with Crippen LogP contribution in [0, 0.1) is 0 Å². The molecule has 2 rings (SSSR count). The summed E-state index contributed by atoms with van der Waals surface area (Å²) in [5, 5.41) is 2.89. The normalized spacial score (nSPS) is 22.8. The van der Waals surface area contributed by atoms with Gasteiger partial charge in [0.05, 0.1) is 0 Å². The molecule has 1 amide bonds. The Morgan fingerprint density at radius 1 is 1.44 bits per heavy atom. The van der Waals surface area contributed by atoms with Gasteiger partial charge in [-0.05, 0) is 18.6 Å². The minimum absolute atomic E-state index is 0.105. The van der Waals surface area contributed by atoms with Crippen molar-refractivity contribution in [1.29, 1.82) is 0 Å². The number of nitrogens with one attached hydrogen (secondary N) is 1. The molecule has 3 nitrogen and oxygen atoms in total. The summed E-state index contributed by atoms with van der Waals surface area (Å²) in [4.78, 5) is 13.9. The van der Waals surface area contributed by atoms with Gasteiger partial charge in [0.1, 0.15) is 0 Å². The number of anilines is 1. The molecule has 1 N–H and O–H groups in total. The minimum atomic E-state index is 0.105. The van der Waals surface area contributed by atoms with Gasteiger partial charge in [-0.1, -0.05) is 25.1 Å². The first-order chi connectivity index (χ1) is 7.79. The number of rotatable bonds is 5. The lowest BCUT2D eigenvalue weighted by Crippen LogP contribution is -2.16. The maximum Gasteiger partial charge on any atom is 0.225 e. The second-order valence-electron chi connectivity index (χ2n) is 4.22. The Labute approximate surface area is 96.5 Å². The smallest absolute Gasteiger partial charge is 0.225 e. The van der Waals surface area contributed by atoms with E-state index in [1.165, 1.54) is 6.42 Å². The summed E-state index contributed by atoms with van der Waals surface area (Å²) in [5.41, 5.74) is 0.880. The van der Waals surface area contributed by atoms with Gasteiger partial charge in [-0.2, -0.15) is 0 Å². The Kier molecular flexibility index (Phi) is 3.57. The van der Waals surface area contributed by atoms with E-state index in [0.717, 1.165) is 24.8 Å². The van der Waals surface area contributed by atoms with Crippen LogP contribution in [0.2, 0.25) is 0 Å². The van der Waals surface area contributed by atoms with Gasteiger partial charge < -0.3 is 5.32 Å². The van der Waals surface area contributed by atoms with Gasteiger partial charge in [-0.25, -0.2) is 0 Å². The van der Waals surface area contributed by atoms with Gasteiger partial charge in [0.15, 0.2) is 0 Å². The van der Waals surface area contributed by atoms with E-state index in [1.54, 1.807) is 0 Å². The zero-order valence-electron chi connectivity index (χ0n) is 9.65. The van der Waals surface area contributed by atoms with E-state index in [-0.39, 0.29) is 5.91 Å². The highest BCUT2D eigenvalue weighted by Gasteiger charge is 2.31. The van der Waals surface area contributed by atoms with E-state index >= 15 is 0 Å². The van der Waals surface area contributed by atoms with Crippen LogP contribution in [-0.2, 0) is 4.79 Å². The molecule has 1 aromatic carbocycles. The maximum absolute atomic E-state index is 11.6. The third-order valence-electron chi connectivity index (χ3n) is 2.98. The average Bonchev–Trinajstić information content (AvgIpc) is 3.06. The minimum Gasteiger partial charge on any atom is -0.326 e. The van der Waals surface area contributed by atoms with Crippen molar-refractivity contribution in [3.8, 4) is 0 Å². The molecule has 0 aromatic heterocycles.